The van der Waals surface area contributed by atoms with Gasteiger partial charge in [0.15, 0.2) is 11.5 Å². The van der Waals surface area contributed by atoms with Crippen molar-refractivity contribution in [1.82, 2.24) is 5.32 Å². The van der Waals surface area contributed by atoms with Gasteiger partial charge in [-0.25, -0.2) is 0 Å². The van der Waals surface area contributed by atoms with Gasteiger partial charge in [0.25, 0.3) is 0 Å². The number of hydrogen-bond acceptors (Lipinski definition) is 3. The average Bonchev–Trinajstić information content (AvgIpc) is 2.68. The molecule has 0 radical (unpaired) electrons. The molecule has 1 aliphatic heterocycles. The first-order chi connectivity index (χ1) is 8.76. The summed E-state index contributed by atoms with van der Waals surface area (Å²) < 4.78 is 48.2. The highest BCUT2D eigenvalue weighted by molar-refractivity contribution is 5.44. The first-order valence-electron chi connectivity index (χ1n) is 6.94. The van der Waals surface area contributed by atoms with Crippen molar-refractivity contribution < 1.29 is 16.3 Å². The molecular formula is C11H15NO2. The lowest BCUT2D eigenvalue weighted by atomic mass is 10.1. The summed E-state index contributed by atoms with van der Waals surface area (Å²) in [4.78, 5) is 0. The third kappa shape index (κ3) is 1.82. The third-order valence-electron chi connectivity index (χ3n) is 2.09. The highest BCUT2D eigenvalue weighted by Gasteiger charge is 2.13. The Morgan fingerprint density at radius 2 is 2.36 bits per heavy atom. The van der Waals surface area contributed by atoms with E-state index in [0.29, 0.717) is 12.0 Å². The molecule has 1 aromatic carbocycles. The summed E-state index contributed by atoms with van der Waals surface area (Å²) in [6.45, 7) is -0.486. The zero-order chi connectivity index (χ0) is 14.4. The summed E-state index contributed by atoms with van der Waals surface area (Å²) in [5.41, 5.74) is 0.354. The van der Waals surface area contributed by atoms with Crippen LogP contribution in [0.3, 0.4) is 0 Å². The van der Waals surface area contributed by atoms with Gasteiger partial charge in [-0.15, -0.1) is 0 Å². The number of fused-ring (bicyclic) bond motifs is 1. The van der Waals surface area contributed by atoms with Crippen molar-refractivity contribution in [2.24, 2.45) is 0 Å². The lowest BCUT2D eigenvalue weighted by molar-refractivity contribution is 0.174. The van der Waals surface area contributed by atoms with Crippen molar-refractivity contribution in [2.45, 2.75) is 19.4 Å². The zero-order valence-electron chi connectivity index (χ0n) is 13.1. The molecule has 0 aromatic heterocycles. The van der Waals surface area contributed by atoms with Crippen LogP contribution >= 0.6 is 0 Å². The summed E-state index contributed by atoms with van der Waals surface area (Å²) in [6, 6.07) is -0.415. The fourth-order valence-electron chi connectivity index (χ4n) is 1.17. The normalized spacial score (nSPS) is 24.3. The molecule has 1 aromatic rings. The zero-order valence-corrected chi connectivity index (χ0v) is 8.10. The van der Waals surface area contributed by atoms with Crippen molar-refractivity contribution in [3.63, 3.8) is 0 Å². The van der Waals surface area contributed by atoms with Crippen molar-refractivity contribution in [2.75, 3.05) is 13.8 Å². The van der Waals surface area contributed by atoms with Crippen LogP contribution in [0.15, 0.2) is 18.1 Å². The van der Waals surface area contributed by atoms with Crippen LogP contribution in [0.5, 0.6) is 11.5 Å². The molecule has 3 nitrogen and oxygen atoms in total. The molecule has 2 rings (SSSR count). The molecule has 0 saturated carbocycles. The van der Waals surface area contributed by atoms with Crippen molar-refractivity contribution in [1.29, 1.82) is 0 Å². The van der Waals surface area contributed by atoms with Crippen LogP contribution in [0.25, 0.3) is 0 Å². The highest BCUT2D eigenvalue weighted by atomic mass is 16.7. The van der Waals surface area contributed by atoms with Gasteiger partial charge >= 0.3 is 0 Å². The van der Waals surface area contributed by atoms with E-state index in [4.69, 9.17) is 16.3 Å². The molecule has 0 spiro atoms. The van der Waals surface area contributed by atoms with Gasteiger partial charge in [-0.1, -0.05) is 6.04 Å². The number of benzene rings is 1. The molecule has 1 atom stereocenters. The lowest BCUT2D eigenvalue weighted by Gasteiger charge is -2.09. The van der Waals surface area contributed by atoms with E-state index in [1.807, 2.05) is 6.92 Å². The van der Waals surface area contributed by atoms with Crippen LogP contribution < -0.4 is 14.8 Å². The largest absolute Gasteiger partial charge is 0.454 e. The predicted molar refractivity (Wildman–Crippen MR) is 54.8 cm³/mol. The molecule has 1 N–H and O–H groups in total. The minimum atomic E-state index is -2.38. The second kappa shape index (κ2) is 3.88. The summed E-state index contributed by atoms with van der Waals surface area (Å²) >= 11 is 0. The van der Waals surface area contributed by atoms with Gasteiger partial charge in [0.1, 0.15) is 2.74 Å². The summed E-state index contributed by atoms with van der Waals surface area (Å²) in [7, 11) is 1.77. The average molecular weight is 198 g/mol. The number of ether oxygens (including phenoxy) is 2. The molecule has 1 unspecified atom stereocenters. The molecule has 0 aliphatic carbocycles. The van der Waals surface area contributed by atoms with E-state index >= 15 is 0 Å². The number of nitrogens with one attached hydrogen (secondary N) is 1. The molecule has 1 heterocycles. The van der Waals surface area contributed by atoms with Crippen LogP contribution in [-0.2, 0) is 6.42 Å². The Morgan fingerprint density at radius 1 is 1.57 bits per heavy atom. The number of rotatable bonds is 3. The van der Waals surface area contributed by atoms with Crippen molar-refractivity contribution >= 4 is 0 Å². The van der Waals surface area contributed by atoms with Crippen molar-refractivity contribution in [3.8, 4) is 11.5 Å². The minimum Gasteiger partial charge on any atom is -0.454 e. The standard InChI is InChI=1S/C11H15NO2/c1-8(12-2)5-9-3-4-10-11(6-9)14-7-13-10/h3-4,6,8,12H,5,7H2,1-2H3/i3D,4D,6D,7D2. The number of hydrogen-bond donors (Lipinski definition) is 1. The quantitative estimate of drug-likeness (QED) is 0.799. The van der Waals surface area contributed by atoms with Crippen LogP contribution in [-0.4, -0.2) is 19.8 Å². The van der Waals surface area contributed by atoms with Gasteiger partial charge in [0.2, 0.25) is 6.75 Å². The smallest absolute Gasteiger partial charge is 0.231 e. The molecule has 14 heavy (non-hydrogen) atoms. The molecule has 0 bridgehead atoms. The molecule has 0 amide bonds. The minimum absolute atomic E-state index is 0.0322. The van der Waals surface area contributed by atoms with Gasteiger partial charge in [-0.3, -0.25) is 0 Å². The number of likely N-dealkylation sites (N-methyl/N-ethyl adjacent to an activating group) is 1. The van der Waals surface area contributed by atoms with Gasteiger partial charge in [0.05, 0.1) is 4.11 Å². The van der Waals surface area contributed by atoms with Gasteiger partial charge in [-0.05, 0) is 38.0 Å². The fourth-order valence-corrected chi connectivity index (χ4v) is 1.17. The highest BCUT2D eigenvalue weighted by Crippen LogP contribution is 2.32. The molecule has 0 fully saturated rings. The maximum Gasteiger partial charge on any atom is 0.231 e. The maximum absolute atomic E-state index is 8.01. The first kappa shape index (κ1) is 5.03. The van der Waals surface area contributed by atoms with Crippen LogP contribution in [0, 0.1) is 0 Å². The Bertz CT molecular complexity index is 521. The molecule has 76 valence electrons. The van der Waals surface area contributed by atoms with Crippen LogP contribution in [0.1, 0.15) is 19.3 Å². The molecule has 3 heteroatoms. The molecule has 1 aliphatic rings. The Hall–Kier alpha value is -1.22. The maximum atomic E-state index is 8.01. The summed E-state index contributed by atoms with van der Waals surface area (Å²) in [5.74, 6) is -0.259. The summed E-state index contributed by atoms with van der Waals surface area (Å²) in [6.07, 6.45) is 0.389. The lowest BCUT2D eigenvalue weighted by Crippen LogP contribution is -2.23. The first-order valence-corrected chi connectivity index (χ1v) is 4.44. The Labute approximate surface area is 91.1 Å². The van der Waals surface area contributed by atoms with E-state index in [1.54, 1.807) is 7.05 Å². The van der Waals surface area contributed by atoms with Gasteiger partial charge in [-0.2, -0.15) is 0 Å². The van der Waals surface area contributed by atoms with E-state index in [9.17, 15) is 0 Å². The monoisotopic (exact) mass is 198 g/mol. The Kier molecular flexibility index (Phi) is 1.39. The van der Waals surface area contributed by atoms with Crippen molar-refractivity contribution in [3.05, 3.63) is 23.7 Å². The van der Waals surface area contributed by atoms with E-state index in [1.165, 1.54) is 0 Å². The Balaban J connectivity index is 2.52. The van der Waals surface area contributed by atoms with E-state index in [-0.39, 0.29) is 35.7 Å². The SMILES string of the molecule is [2H]c1c([2H])c2c(c([2H])c1CC(C)NC)OC([2H])([2H])O2. The molecule has 0 saturated heterocycles. The van der Waals surface area contributed by atoms with Crippen LogP contribution in [0.2, 0.25) is 0 Å². The van der Waals surface area contributed by atoms with E-state index < -0.39 is 6.75 Å². The summed E-state index contributed by atoms with van der Waals surface area (Å²) in [5, 5.41) is 3.00. The third-order valence-corrected chi connectivity index (χ3v) is 2.09. The van der Waals surface area contributed by atoms with E-state index in [2.05, 4.69) is 5.32 Å². The molecular weight excluding hydrogens is 178 g/mol. The fraction of sp³-hybridized carbons (Fsp3) is 0.455. The predicted octanol–water partition coefficient (Wildman–Crippen LogP) is 1.57. The second-order valence-corrected chi connectivity index (χ2v) is 3.19. The van der Waals surface area contributed by atoms with Gasteiger partial charge in [0, 0.05) is 6.04 Å². The second-order valence-electron chi connectivity index (χ2n) is 3.19. The topological polar surface area (TPSA) is 30.5 Å². The van der Waals surface area contributed by atoms with E-state index in [0.717, 1.165) is 0 Å². The van der Waals surface area contributed by atoms with Crippen LogP contribution in [0.4, 0.5) is 0 Å². The Morgan fingerprint density at radius 3 is 3.14 bits per heavy atom. The van der Waals surface area contributed by atoms with Gasteiger partial charge < -0.3 is 14.8 Å².